The van der Waals surface area contributed by atoms with Gasteiger partial charge in [0.05, 0.1) is 13.2 Å². The van der Waals surface area contributed by atoms with Gasteiger partial charge in [0.25, 0.3) is 0 Å². The SMILES string of the molecule is CCOC(=O)C1CSCCN1CC(=O)Nc1cccc(C)c1C. The summed E-state index contributed by atoms with van der Waals surface area (Å²) < 4.78 is 5.12. The van der Waals surface area contributed by atoms with Crippen molar-refractivity contribution in [3.63, 3.8) is 0 Å². The maximum atomic E-state index is 12.4. The van der Waals surface area contributed by atoms with Crippen LogP contribution >= 0.6 is 11.8 Å². The number of nitrogens with one attached hydrogen (secondary N) is 1. The van der Waals surface area contributed by atoms with E-state index < -0.39 is 0 Å². The standard InChI is InChI=1S/C17H24N2O3S/c1-4-22-17(21)15-11-23-9-8-19(15)10-16(20)18-14-7-5-6-12(2)13(14)3/h5-7,15H,4,8-11H2,1-3H3,(H,18,20). The summed E-state index contributed by atoms with van der Waals surface area (Å²) in [4.78, 5) is 26.3. The predicted octanol–water partition coefficient (Wildman–Crippen LogP) is 2.22. The van der Waals surface area contributed by atoms with Crippen molar-refractivity contribution in [3.05, 3.63) is 29.3 Å². The van der Waals surface area contributed by atoms with E-state index in [1.54, 1.807) is 18.7 Å². The zero-order chi connectivity index (χ0) is 16.8. The highest BCUT2D eigenvalue weighted by Crippen LogP contribution is 2.20. The molecule has 5 nitrogen and oxygen atoms in total. The van der Waals surface area contributed by atoms with E-state index in [1.165, 1.54) is 0 Å². The van der Waals surface area contributed by atoms with Crippen molar-refractivity contribution in [2.45, 2.75) is 26.8 Å². The van der Waals surface area contributed by atoms with Gasteiger partial charge in [0.15, 0.2) is 0 Å². The molecule has 1 N–H and O–H groups in total. The van der Waals surface area contributed by atoms with E-state index in [-0.39, 0.29) is 24.5 Å². The van der Waals surface area contributed by atoms with Crippen LogP contribution in [-0.2, 0) is 14.3 Å². The summed E-state index contributed by atoms with van der Waals surface area (Å²) in [5.41, 5.74) is 3.03. The van der Waals surface area contributed by atoms with Gasteiger partial charge in [0.1, 0.15) is 6.04 Å². The molecule has 1 aliphatic rings. The van der Waals surface area contributed by atoms with Crippen LogP contribution in [0.4, 0.5) is 5.69 Å². The average Bonchev–Trinajstić information content (AvgIpc) is 2.52. The van der Waals surface area contributed by atoms with Crippen molar-refractivity contribution < 1.29 is 14.3 Å². The molecule has 1 saturated heterocycles. The zero-order valence-corrected chi connectivity index (χ0v) is 14.7. The normalized spacial score (nSPS) is 18.5. The summed E-state index contributed by atoms with van der Waals surface area (Å²) in [5.74, 6) is 1.27. The van der Waals surface area contributed by atoms with Gasteiger partial charge in [-0.05, 0) is 38.0 Å². The van der Waals surface area contributed by atoms with E-state index in [0.717, 1.165) is 22.6 Å². The fraction of sp³-hybridized carbons (Fsp3) is 0.529. The third-order valence-electron chi connectivity index (χ3n) is 4.02. The molecule has 0 radical (unpaired) electrons. The van der Waals surface area contributed by atoms with Gasteiger partial charge in [-0.1, -0.05) is 12.1 Å². The lowest BCUT2D eigenvalue weighted by molar-refractivity contribution is -0.148. The maximum absolute atomic E-state index is 12.4. The number of esters is 1. The Hall–Kier alpha value is -1.53. The Morgan fingerprint density at radius 1 is 1.39 bits per heavy atom. The minimum Gasteiger partial charge on any atom is -0.465 e. The zero-order valence-electron chi connectivity index (χ0n) is 13.9. The molecule has 1 aromatic rings. The molecule has 0 saturated carbocycles. The highest BCUT2D eigenvalue weighted by Gasteiger charge is 2.31. The molecule has 0 aliphatic carbocycles. The van der Waals surface area contributed by atoms with Crippen LogP contribution in [0.3, 0.4) is 0 Å². The number of rotatable bonds is 5. The number of anilines is 1. The molecule has 1 atom stereocenters. The van der Waals surface area contributed by atoms with Gasteiger partial charge >= 0.3 is 5.97 Å². The summed E-state index contributed by atoms with van der Waals surface area (Å²) in [7, 11) is 0. The number of carbonyl (C=O) groups is 2. The van der Waals surface area contributed by atoms with Crippen LogP contribution in [0, 0.1) is 13.8 Å². The van der Waals surface area contributed by atoms with Crippen LogP contribution in [0.15, 0.2) is 18.2 Å². The summed E-state index contributed by atoms with van der Waals surface area (Å²) in [6.45, 7) is 7.09. The number of nitrogens with zero attached hydrogens (tertiary/aromatic N) is 1. The molecule has 126 valence electrons. The molecule has 0 spiro atoms. The van der Waals surface area contributed by atoms with Gasteiger partial charge in [-0.3, -0.25) is 14.5 Å². The Bertz CT molecular complexity index is 577. The van der Waals surface area contributed by atoms with E-state index in [2.05, 4.69) is 5.32 Å². The number of hydrogen-bond acceptors (Lipinski definition) is 5. The lowest BCUT2D eigenvalue weighted by atomic mass is 10.1. The molecule has 1 fully saturated rings. The molecule has 1 unspecified atom stereocenters. The van der Waals surface area contributed by atoms with Crippen molar-refractivity contribution in [1.29, 1.82) is 0 Å². The van der Waals surface area contributed by atoms with E-state index in [1.807, 2.05) is 36.9 Å². The van der Waals surface area contributed by atoms with E-state index in [0.29, 0.717) is 18.9 Å². The van der Waals surface area contributed by atoms with Crippen LogP contribution in [0.5, 0.6) is 0 Å². The summed E-state index contributed by atoms with van der Waals surface area (Å²) in [5, 5.41) is 2.95. The largest absolute Gasteiger partial charge is 0.465 e. The summed E-state index contributed by atoms with van der Waals surface area (Å²) in [6.07, 6.45) is 0. The molecule has 1 heterocycles. The summed E-state index contributed by atoms with van der Waals surface area (Å²) in [6, 6.07) is 5.51. The predicted molar refractivity (Wildman–Crippen MR) is 93.9 cm³/mol. The quantitative estimate of drug-likeness (QED) is 0.836. The lowest BCUT2D eigenvalue weighted by Crippen LogP contribution is -2.50. The van der Waals surface area contributed by atoms with Crippen molar-refractivity contribution >= 4 is 29.3 Å². The Morgan fingerprint density at radius 3 is 2.91 bits per heavy atom. The fourth-order valence-corrected chi connectivity index (χ4v) is 3.64. The Balaban J connectivity index is 2.00. The monoisotopic (exact) mass is 336 g/mol. The number of thioether (sulfide) groups is 1. The van der Waals surface area contributed by atoms with Crippen LogP contribution in [0.2, 0.25) is 0 Å². The molecule has 0 bridgehead atoms. The summed E-state index contributed by atoms with van der Waals surface area (Å²) >= 11 is 1.72. The first kappa shape index (κ1) is 17.8. The molecular formula is C17H24N2O3S. The molecule has 0 aromatic heterocycles. The maximum Gasteiger partial charge on any atom is 0.324 e. The topological polar surface area (TPSA) is 58.6 Å². The van der Waals surface area contributed by atoms with Crippen molar-refractivity contribution in [2.75, 3.05) is 36.5 Å². The average molecular weight is 336 g/mol. The van der Waals surface area contributed by atoms with Gasteiger partial charge in [-0.15, -0.1) is 0 Å². The lowest BCUT2D eigenvalue weighted by Gasteiger charge is -2.33. The molecule has 6 heteroatoms. The van der Waals surface area contributed by atoms with Crippen molar-refractivity contribution in [3.8, 4) is 0 Å². The molecule has 1 amide bonds. The molecule has 1 aliphatic heterocycles. The third kappa shape index (κ3) is 4.72. The number of amides is 1. The Kier molecular flexibility index (Phi) is 6.47. The number of carbonyl (C=O) groups excluding carboxylic acids is 2. The Labute approximate surface area is 141 Å². The van der Waals surface area contributed by atoms with Crippen LogP contribution < -0.4 is 5.32 Å². The van der Waals surface area contributed by atoms with E-state index in [9.17, 15) is 9.59 Å². The second-order valence-corrected chi connectivity index (χ2v) is 6.76. The van der Waals surface area contributed by atoms with Gasteiger partial charge < -0.3 is 10.1 Å². The number of hydrogen-bond donors (Lipinski definition) is 1. The minimum absolute atomic E-state index is 0.0973. The molecular weight excluding hydrogens is 312 g/mol. The van der Waals surface area contributed by atoms with Crippen molar-refractivity contribution in [2.24, 2.45) is 0 Å². The molecule has 2 rings (SSSR count). The highest BCUT2D eigenvalue weighted by molar-refractivity contribution is 7.99. The van der Waals surface area contributed by atoms with E-state index in [4.69, 9.17) is 4.74 Å². The van der Waals surface area contributed by atoms with Gasteiger partial charge in [-0.2, -0.15) is 11.8 Å². The first-order chi connectivity index (χ1) is 11.0. The number of benzene rings is 1. The fourth-order valence-electron chi connectivity index (χ4n) is 2.54. The van der Waals surface area contributed by atoms with Gasteiger partial charge in [0, 0.05) is 23.7 Å². The third-order valence-corrected chi connectivity index (χ3v) is 5.05. The first-order valence-corrected chi connectivity index (χ1v) is 9.03. The first-order valence-electron chi connectivity index (χ1n) is 7.87. The second-order valence-electron chi connectivity index (χ2n) is 5.61. The van der Waals surface area contributed by atoms with Crippen molar-refractivity contribution in [1.82, 2.24) is 4.90 Å². The van der Waals surface area contributed by atoms with Crippen LogP contribution in [-0.4, -0.2) is 54.0 Å². The smallest absolute Gasteiger partial charge is 0.324 e. The second kappa shape index (κ2) is 8.36. The Morgan fingerprint density at radius 2 is 2.17 bits per heavy atom. The van der Waals surface area contributed by atoms with E-state index >= 15 is 0 Å². The van der Waals surface area contributed by atoms with Crippen LogP contribution in [0.25, 0.3) is 0 Å². The minimum atomic E-state index is -0.335. The molecule has 1 aromatic carbocycles. The van der Waals surface area contributed by atoms with Crippen LogP contribution in [0.1, 0.15) is 18.1 Å². The van der Waals surface area contributed by atoms with Gasteiger partial charge in [-0.25, -0.2) is 0 Å². The molecule has 23 heavy (non-hydrogen) atoms. The highest BCUT2D eigenvalue weighted by atomic mass is 32.2. The number of ether oxygens (including phenoxy) is 1. The van der Waals surface area contributed by atoms with Gasteiger partial charge in [0.2, 0.25) is 5.91 Å². The number of aryl methyl sites for hydroxylation is 1.